The second-order valence-corrected chi connectivity index (χ2v) is 6.13. The minimum Gasteiger partial charge on any atom is -0.486 e. The molecule has 1 heterocycles. The molecule has 0 atom stereocenters. The largest absolute Gasteiger partial charge is 0.486 e. The minimum absolute atomic E-state index is 0.164. The van der Waals surface area contributed by atoms with Crippen molar-refractivity contribution in [2.75, 3.05) is 18.5 Å². The fourth-order valence-corrected chi connectivity index (χ4v) is 2.99. The Morgan fingerprint density at radius 3 is 2.42 bits per heavy atom. The van der Waals surface area contributed by atoms with Crippen LogP contribution in [0.15, 0.2) is 72.8 Å². The van der Waals surface area contributed by atoms with Crippen molar-refractivity contribution >= 4 is 11.6 Å². The minimum atomic E-state index is -0.164. The third-order valence-electron chi connectivity index (χ3n) is 4.31. The molecule has 0 saturated carbocycles. The molecule has 3 aromatic carbocycles. The number of amides is 1. The van der Waals surface area contributed by atoms with Crippen molar-refractivity contribution < 1.29 is 14.3 Å². The Morgan fingerprint density at radius 1 is 0.846 bits per heavy atom. The van der Waals surface area contributed by atoms with Crippen molar-refractivity contribution in [3.63, 3.8) is 0 Å². The van der Waals surface area contributed by atoms with Crippen LogP contribution in [0.2, 0.25) is 0 Å². The zero-order chi connectivity index (χ0) is 17.8. The first kappa shape index (κ1) is 16.2. The van der Waals surface area contributed by atoms with E-state index in [2.05, 4.69) is 17.4 Å². The van der Waals surface area contributed by atoms with Gasteiger partial charge >= 0.3 is 0 Å². The van der Waals surface area contributed by atoms with Crippen LogP contribution in [0.5, 0.6) is 11.5 Å². The molecule has 4 heteroatoms. The predicted octanol–water partition coefficient (Wildman–Crippen LogP) is 4.30. The topological polar surface area (TPSA) is 47.6 Å². The van der Waals surface area contributed by atoms with Gasteiger partial charge in [0.1, 0.15) is 13.2 Å². The Morgan fingerprint density at radius 2 is 1.58 bits per heavy atom. The van der Waals surface area contributed by atoms with Crippen LogP contribution >= 0.6 is 0 Å². The summed E-state index contributed by atoms with van der Waals surface area (Å²) in [5.74, 6) is 1.13. The molecule has 1 amide bonds. The number of nitrogens with one attached hydrogen (secondary N) is 1. The van der Waals surface area contributed by atoms with Crippen molar-refractivity contribution in [2.45, 2.75) is 6.42 Å². The normalized spacial score (nSPS) is 12.5. The Hall–Kier alpha value is -3.27. The van der Waals surface area contributed by atoms with Crippen LogP contribution in [-0.2, 0) is 6.42 Å². The number of hydrogen-bond acceptors (Lipinski definition) is 3. The van der Waals surface area contributed by atoms with Gasteiger partial charge in [-0.05, 0) is 41.8 Å². The molecule has 1 aliphatic heterocycles. The lowest BCUT2D eigenvalue weighted by molar-refractivity contribution is 0.102. The van der Waals surface area contributed by atoms with Gasteiger partial charge in [0.15, 0.2) is 11.5 Å². The molecule has 130 valence electrons. The van der Waals surface area contributed by atoms with Gasteiger partial charge in [-0.2, -0.15) is 0 Å². The smallest absolute Gasteiger partial charge is 0.255 e. The summed E-state index contributed by atoms with van der Waals surface area (Å²) >= 11 is 0. The van der Waals surface area contributed by atoms with Crippen LogP contribution in [0.1, 0.15) is 21.5 Å². The molecule has 0 spiro atoms. The molecule has 0 fully saturated rings. The Bertz CT molecular complexity index is 922. The maximum atomic E-state index is 12.7. The molecule has 0 aliphatic carbocycles. The highest BCUT2D eigenvalue weighted by Gasteiger charge is 2.15. The highest BCUT2D eigenvalue weighted by Crippen LogP contribution is 2.31. The molecule has 1 aliphatic rings. The number of para-hydroxylation sites is 1. The zero-order valence-electron chi connectivity index (χ0n) is 14.3. The maximum absolute atomic E-state index is 12.7. The molecule has 4 nitrogen and oxygen atoms in total. The Labute approximate surface area is 152 Å². The van der Waals surface area contributed by atoms with E-state index in [4.69, 9.17) is 9.47 Å². The summed E-state index contributed by atoms with van der Waals surface area (Å²) < 4.78 is 11.1. The third kappa shape index (κ3) is 3.54. The van der Waals surface area contributed by atoms with Crippen LogP contribution < -0.4 is 14.8 Å². The van der Waals surface area contributed by atoms with Gasteiger partial charge in [-0.25, -0.2) is 0 Å². The molecule has 1 N–H and O–H groups in total. The van der Waals surface area contributed by atoms with Gasteiger partial charge in [-0.15, -0.1) is 0 Å². The second kappa shape index (κ2) is 7.31. The van der Waals surface area contributed by atoms with Crippen LogP contribution in [0.4, 0.5) is 5.69 Å². The van der Waals surface area contributed by atoms with E-state index in [1.165, 1.54) is 5.56 Å². The highest BCUT2D eigenvalue weighted by molar-refractivity contribution is 6.05. The first-order chi connectivity index (χ1) is 12.8. The van der Waals surface area contributed by atoms with E-state index in [0.29, 0.717) is 30.3 Å². The van der Waals surface area contributed by atoms with E-state index < -0.39 is 0 Å². The Kier molecular flexibility index (Phi) is 4.56. The number of ether oxygens (including phenoxy) is 2. The Balaban J connectivity index is 1.55. The molecule has 0 bridgehead atoms. The van der Waals surface area contributed by atoms with Gasteiger partial charge < -0.3 is 14.8 Å². The van der Waals surface area contributed by atoms with Gasteiger partial charge in [-0.3, -0.25) is 4.79 Å². The summed E-state index contributed by atoms with van der Waals surface area (Å²) in [5, 5.41) is 3.02. The molecular weight excluding hydrogens is 326 g/mol. The summed E-state index contributed by atoms with van der Waals surface area (Å²) in [6, 6.07) is 23.3. The van der Waals surface area contributed by atoms with Crippen LogP contribution in [0.25, 0.3) is 0 Å². The summed E-state index contributed by atoms with van der Waals surface area (Å²) in [5.41, 5.74) is 3.64. The van der Waals surface area contributed by atoms with Crippen molar-refractivity contribution in [2.24, 2.45) is 0 Å². The van der Waals surface area contributed by atoms with Gasteiger partial charge in [0.2, 0.25) is 0 Å². The van der Waals surface area contributed by atoms with Crippen molar-refractivity contribution in [1.29, 1.82) is 0 Å². The number of rotatable bonds is 4. The van der Waals surface area contributed by atoms with Crippen LogP contribution in [0, 0.1) is 0 Å². The van der Waals surface area contributed by atoms with Crippen LogP contribution in [0.3, 0.4) is 0 Å². The lowest BCUT2D eigenvalue weighted by Crippen LogP contribution is -2.17. The monoisotopic (exact) mass is 345 g/mol. The standard InChI is InChI=1S/C22H19NO3/c24-22(18-10-11-20-21(15-18)26-13-12-25-20)23-19-9-5-4-8-17(19)14-16-6-2-1-3-7-16/h1-11,15H,12-14H2,(H,23,24). The number of carbonyl (C=O) groups is 1. The molecule has 4 rings (SSSR count). The van der Waals surface area contributed by atoms with E-state index in [1.54, 1.807) is 18.2 Å². The van der Waals surface area contributed by atoms with Gasteiger partial charge in [0.25, 0.3) is 5.91 Å². The molecule has 0 saturated heterocycles. The number of benzene rings is 3. The van der Waals surface area contributed by atoms with Crippen molar-refractivity contribution in [3.8, 4) is 11.5 Å². The van der Waals surface area contributed by atoms with E-state index in [0.717, 1.165) is 17.7 Å². The first-order valence-electron chi connectivity index (χ1n) is 8.62. The fourth-order valence-electron chi connectivity index (χ4n) is 2.99. The molecule has 0 unspecified atom stereocenters. The van der Waals surface area contributed by atoms with E-state index in [-0.39, 0.29) is 5.91 Å². The third-order valence-corrected chi connectivity index (χ3v) is 4.31. The number of hydrogen-bond donors (Lipinski definition) is 1. The van der Waals surface area contributed by atoms with Crippen molar-refractivity contribution in [1.82, 2.24) is 0 Å². The summed E-state index contributed by atoms with van der Waals surface area (Å²) in [6.07, 6.45) is 0.762. The molecule has 26 heavy (non-hydrogen) atoms. The quantitative estimate of drug-likeness (QED) is 0.767. The summed E-state index contributed by atoms with van der Waals surface area (Å²) in [7, 11) is 0. The fraction of sp³-hybridized carbons (Fsp3) is 0.136. The number of carbonyl (C=O) groups excluding carboxylic acids is 1. The van der Waals surface area contributed by atoms with Crippen LogP contribution in [-0.4, -0.2) is 19.1 Å². The second-order valence-electron chi connectivity index (χ2n) is 6.13. The summed E-state index contributed by atoms with van der Waals surface area (Å²) in [4.78, 5) is 12.7. The van der Waals surface area contributed by atoms with Crippen molar-refractivity contribution in [3.05, 3.63) is 89.5 Å². The number of anilines is 1. The molecule has 3 aromatic rings. The number of fused-ring (bicyclic) bond motifs is 1. The van der Waals surface area contributed by atoms with E-state index >= 15 is 0 Å². The molecule has 0 radical (unpaired) electrons. The van der Waals surface area contributed by atoms with Gasteiger partial charge in [0, 0.05) is 11.3 Å². The SMILES string of the molecule is O=C(Nc1ccccc1Cc1ccccc1)c1ccc2c(c1)OCCO2. The average Bonchev–Trinajstić information content (AvgIpc) is 2.70. The lowest BCUT2D eigenvalue weighted by Gasteiger charge is -2.19. The van der Waals surface area contributed by atoms with E-state index in [9.17, 15) is 4.79 Å². The first-order valence-corrected chi connectivity index (χ1v) is 8.62. The predicted molar refractivity (Wildman–Crippen MR) is 101 cm³/mol. The zero-order valence-corrected chi connectivity index (χ0v) is 14.3. The maximum Gasteiger partial charge on any atom is 0.255 e. The van der Waals surface area contributed by atoms with Gasteiger partial charge in [-0.1, -0.05) is 48.5 Å². The average molecular weight is 345 g/mol. The van der Waals surface area contributed by atoms with E-state index in [1.807, 2.05) is 42.5 Å². The molecule has 0 aromatic heterocycles. The van der Waals surface area contributed by atoms with Gasteiger partial charge in [0.05, 0.1) is 0 Å². The summed E-state index contributed by atoms with van der Waals surface area (Å²) in [6.45, 7) is 1.03. The molecular formula is C22H19NO3. The lowest BCUT2D eigenvalue weighted by atomic mass is 10.0. The highest BCUT2D eigenvalue weighted by atomic mass is 16.6.